The van der Waals surface area contributed by atoms with E-state index in [0.717, 1.165) is 28.9 Å². The second-order valence-electron chi connectivity index (χ2n) is 7.89. The van der Waals surface area contributed by atoms with Gasteiger partial charge in [0.1, 0.15) is 5.82 Å². The lowest BCUT2D eigenvalue weighted by Gasteiger charge is -2.40. The van der Waals surface area contributed by atoms with Crippen LogP contribution in [0.25, 0.3) is 0 Å². The predicted molar refractivity (Wildman–Crippen MR) is 116 cm³/mol. The molecule has 1 heterocycles. The Morgan fingerprint density at radius 3 is 2.31 bits per heavy atom. The van der Waals surface area contributed by atoms with Gasteiger partial charge >= 0.3 is 0 Å². The summed E-state index contributed by atoms with van der Waals surface area (Å²) in [7, 11) is 0. The number of aryl methyl sites for hydroxylation is 2. The van der Waals surface area contributed by atoms with Crippen molar-refractivity contribution in [2.24, 2.45) is 0 Å². The second-order valence-corrected chi connectivity index (χ2v) is 7.89. The maximum atomic E-state index is 13.3. The Kier molecular flexibility index (Phi) is 5.10. The monoisotopic (exact) mass is 388 g/mol. The van der Waals surface area contributed by atoms with Gasteiger partial charge in [-0.2, -0.15) is 0 Å². The van der Waals surface area contributed by atoms with Crippen molar-refractivity contribution < 1.29 is 9.18 Å². The normalized spacial score (nSPS) is 18.3. The molecule has 0 aliphatic carbocycles. The molecule has 29 heavy (non-hydrogen) atoms. The summed E-state index contributed by atoms with van der Waals surface area (Å²) in [6.45, 7) is 6.20. The zero-order valence-electron chi connectivity index (χ0n) is 16.9. The Hall–Kier alpha value is -3.14. The molecule has 0 aromatic heterocycles. The third kappa shape index (κ3) is 3.88. The zero-order chi connectivity index (χ0) is 20.5. The van der Waals surface area contributed by atoms with Crippen LogP contribution in [0.4, 0.5) is 15.8 Å². The van der Waals surface area contributed by atoms with Crippen LogP contribution in [-0.2, 0) is 0 Å². The highest BCUT2D eigenvalue weighted by Crippen LogP contribution is 2.40. The van der Waals surface area contributed by atoms with Crippen LogP contribution < -0.4 is 10.2 Å². The van der Waals surface area contributed by atoms with Gasteiger partial charge in [-0.1, -0.05) is 35.4 Å². The zero-order valence-corrected chi connectivity index (χ0v) is 16.9. The first-order chi connectivity index (χ1) is 13.9. The first kappa shape index (κ1) is 19.2. The Balaban J connectivity index is 1.70. The Morgan fingerprint density at radius 2 is 1.62 bits per heavy atom. The smallest absolute Gasteiger partial charge is 0.258 e. The highest BCUT2D eigenvalue weighted by atomic mass is 19.1. The lowest BCUT2D eigenvalue weighted by atomic mass is 9.89. The fourth-order valence-electron chi connectivity index (χ4n) is 4.01. The van der Waals surface area contributed by atoms with E-state index in [9.17, 15) is 9.18 Å². The van der Waals surface area contributed by atoms with Crippen molar-refractivity contribution in [1.82, 2.24) is 0 Å². The van der Waals surface area contributed by atoms with E-state index in [4.69, 9.17) is 0 Å². The molecule has 1 aliphatic rings. The molecule has 3 aromatic rings. The van der Waals surface area contributed by atoms with Crippen molar-refractivity contribution in [3.63, 3.8) is 0 Å². The summed E-state index contributed by atoms with van der Waals surface area (Å²) in [5.74, 6) is -0.442. The lowest BCUT2D eigenvalue weighted by molar-refractivity contribution is 0.0974. The number of nitrogens with zero attached hydrogens (tertiary/aromatic N) is 1. The van der Waals surface area contributed by atoms with E-state index in [0.29, 0.717) is 5.56 Å². The number of halogens is 1. The molecule has 148 valence electrons. The highest BCUT2D eigenvalue weighted by molar-refractivity contribution is 6.07. The van der Waals surface area contributed by atoms with Gasteiger partial charge in [0.15, 0.2) is 0 Å². The number of hydrogen-bond donors (Lipinski definition) is 1. The van der Waals surface area contributed by atoms with Crippen molar-refractivity contribution in [1.29, 1.82) is 0 Å². The molecule has 0 unspecified atom stereocenters. The van der Waals surface area contributed by atoms with Crippen LogP contribution in [0, 0.1) is 19.7 Å². The number of hydrogen-bond acceptors (Lipinski definition) is 2. The molecule has 4 rings (SSSR count). The minimum absolute atomic E-state index is 0.00528. The molecule has 3 aromatic carbocycles. The van der Waals surface area contributed by atoms with Gasteiger partial charge in [-0.25, -0.2) is 4.39 Å². The quantitative estimate of drug-likeness (QED) is 0.594. The molecule has 0 radical (unpaired) electrons. The van der Waals surface area contributed by atoms with Crippen molar-refractivity contribution in [3.8, 4) is 0 Å². The minimum Gasteiger partial charge on any atom is -0.378 e. The van der Waals surface area contributed by atoms with Crippen molar-refractivity contribution in [2.75, 3.05) is 10.2 Å². The number of rotatable bonds is 3. The number of amides is 1. The van der Waals surface area contributed by atoms with E-state index < -0.39 is 0 Å². The van der Waals surface area contributed by atoms with Gasteiger partial charge in [-0.3, -0.25) is 4.79 Å². The number of fused-ring (bicyclic) bond motifs is 1. The molecule has 0 spiro atoms. The van der Waals surface area contributed by atoms with Crippen LogP contribution >= 0.6 is 0 Å². The summed E-state index contributed by atoms with van der Waals surface area (Å²) in [6, 6.07) is 20.5. The molecule has 2 atom stereocenters. The summed E-state index contributed by atoms with van der Waals surface area (Å²) in [4.78, 5) is 15.1. The Bertz CT molecular complexity index is 1030. The number of carbonyl (C=O) groups excluding carboxylic acids is 1. The average molecular weight is 388 g/mol. The summed E-state index contributed by atoms with van der Waals surface area (Å²) < 4.78 is 13.3. The van der Waals surface area contributed by atoms with Crippen LogP contribution in [0.1, 0.15) is 46.4 Å². The molecular weight excluding hydrogens is 363 g/mol. The van der Waals surface area contributed by atoms with E-state index in [1.165, 1.54) is 17.7 Å². The van der Waals surface area contributed by atoms with Gasteiger partial charge in [0.25, 0.3) is 5.91 Å². The molecular formula is C25H25FN2O. The molecule has 0 saturated heterocycles. The molecule has 0 bridgehead atoms. The molecule has 0 saturated carbocycles. The van der Waals surface area contributed by atoms with E-state index >= 15 is 0 Å². The largest absolute Gasteiger partial charge is 0.378 e. The van der Waals surface area contributed by atoms with Crippen LogP contribution in [0.3, 0.4) is 0 Å². The average Bonchev–Trinajstić information content (AvgIpc) is 2.70. The van der Waals surface area contributed by atoms with Crippen molar-refractivity contribution in [3.05, 3.63) is 94.8 Å². The van der Waals surface area contributed by atoms with Gasteiger partial charge in [0, 0.05) is 23.0 Å². The standard InChI is InChI=1S/C25H25FN2O/c1-16-4-11-21(12-5-16)27-23-15-18(3)28(24-13-6-17(2)14-22(23)24)25(29)19-7-9-20(26)10-8-19/h4-14,18,23,27H,15H2,1-3H3/t18-,23-/m1/s1. The first-order valence-corrected chi connectivity index (χ1v) is 9.95. The van der Waals surface area contributed by atoms with E-state index in [-0.39, 0.29) is 23.8 Å². The summed E-state index contributed by atoms with van der Waals surface area (Å²) in [6.07, 6.45) is 0.789. The van der Waals surface area contributed by atoms with Gasteiger partial charge in [-0.05, 0) is 75.2 Å². The van der Waals surface area contributed by atoms with E-state index in [1.54, 1.807) is 12.1 Å². The number of benzene rings is 3. The summed E-state index contributed by atoms with van der Waals surface area (Å²) in [5, 5.41) is 3.64. The van der Waals surface area contributed by atoms with Gasteiger partial charge in [0.05, 0.1) is 6.04 Å². The van der Waals surface area contributed by atoms with Gasteiger partial charge in [0.2, 0.25) is 0 Å². The fourth-order valence-corrected chi connectivity index (χ4v) is 4.01. The summed E-state index contributed by atoms with van der Waals surface area (Å²) >= 11 is 0. The van der Waals surface area contributed by atoms with Crippen LogP contribution in [0.2, 0.25) is 0 Å². The maximum absolute atomic E-state index is 13.3. The Morgan fingerprint density at radius 1 is 0.966 bits per heavy atom. The van der Waals surface area contributed by atoms with Gasteiger partial charge < -0.3 is 10.2 Å². The molecule has 0 fully saturated rings. The number of anilines is 2. The SMILES string of the molecule is Cc1ccc(N[C@@H]2C[C@@H](C)N(C(=O)c3ccc(F)cc3)c3ccc(C)cc32)cc1. The third-order valence-corrected chi connectivity index (χ3v) is 5.54. The number of carbonyl (C=O) groups is 1. The van der Waals surface area contributed by atoms with Crippen LogP contribution in [0.15, 0.2) is 66.7 Å². The molecule has 4 heteroatoms. The van der Waals surface area contributed by atoms with Crippen molar-refractivity contribution in [2.45, 2.75) is 39.3 Å². The fraction of sp³-hybridized carbons (Fsp3) is 0.240. The molecule has 1 N–H and O–H groups in total. The first-order valence-electron chi connectivity index (χ1n) is 9.95. The highest BCUT2D eigenvalue weighted by Gasteiger charge is 2.34. The maximum Gasteiger partial charge on any atom is 0.258 e. The Labute approximate surface area is 171 Å². The molecule has 1 amide bonds. The number of nitrogens with one attached hydrogen (secondary N) is 1. The van der Waals surface area contributed by atoms with Crippen LogP contribution in [-0.4, -0.2) is 11.9 Å². The van der Waals surface area contributed by atoms with Gasteiger partial charge in [-0.15, -0.1) is 0 Å². The van der Waals surface area contributed by atoms with E-state index in [2.05, 4.69) is 56.4 Å². The van der Waals surface area contributed by atoms with E-state index in [1.807, 2.05) is 17.0 Å². The second kappa shape index (κ2) is 7.70. The molecule has 1 aliphatic heterocycles. The minimum atomic E-state index is -0.341. The van der Waals surface area contributed by atoms with Crippen LogP contribution in [0.5, 0.6) is 0 Å². The summed E-state index contributed by atoms with van der Waals surface area (Å²) in [5.41, 5.74) is 5.96. The predicted octanol–water partition coefficient (Wildman–Crippen LogP) is 6.03. The molecule has 3 nitrogen and oxygen atoms in total. The lowest BCUT2D eigenvalue weighted by Crippen LogP contribution is -2.44. The third-order valence-electron chi connectivity index (χ3n) is 5.54. The van der Waals surface area contributed by atoms with Crippen molar-refractivity contribution >= 4 is 17.3 Å². The topological polar surface area (TPSA) is 32.3 Å².